The summed E-state index contributed by atoms with van der Waals surface area (Å²) in [6, 6.07) is 4.69. The Hall–Kier alpha value is -3.43. The summed E-state index contributed by atoms with van der Waals surface area (Å²) in [5.41, 5.74) is 6.20. The smallest absolute Gasteiger partial charge is 0.303 e. The molecule has 4 atom stereocenters. The lowest BCUT2D eigenvalue weighted by Crippen LogP contribution is -2.57. The Morgan fingerprint density at radius 2 is 1.61 bits per heavy atom. The third-order valence-electron chi connectivity index (χ3n) is 4.91. The average Bonchev–Trinajstić information content (AvgIpc) is 2.69. The number of rotatable bonds is 7. The largest absolute Gasteiger partial charge is 0.459 e. The molecule has 2 amide bonds. The number of nitrogens with one attached hydrogen (secondary N) is 3. The van der Waals surface area contributed by atoms with Crippen LogP contribution in [0.25, 0.3) is 0 Å². The van der Waals surface area contributed by atoms with Crippen molar-refractivity contribution in [3.05, 3.63) is 35.4 Å². The number of benzene rings is 1. The minimum absolute atomic E-state index is 0.110. The molecule has 0 bridgehead atoms. The fourth-order valence-electron chi connectivity index (χ4n) is 3.42. The molecule has 0 saturated heterocycles. The summed E-state index contributed by atoms with van der Waals surface area (Å²) in [5.74, 6) is -2.07. The monoisotopic (exact) mass is 432 g/mol. The summed E-state index contributed by atoms with van der Waals surface area (Å²) in [4.78, 5) is 48.0. The molecule has 1 aromatic carbocycles. The minimum atomic E-state index is -0.868. The molecule has 2 rings (SSSR count). The van der Waals surface area contributed by atoms with Gasteiger partial charge in [-0.05, 0) is 38.3 Å². The highest BCUT2D eigenvalue weighted by Crippen LogP contribution is 2.25. The molecule has 0 spiro atoms. The first-order chi connectivity index (χ1) is 14.6. The van der Waals surface area contributed by atoms with Crippen LogP contribution in [0.15, 0.2) is 24.3 Å². The van der Waals surface area contributed by atoms with Gasteiger partial charge in [-0.15, -0.1) is 0 Å². The Morgan fingerprint density at radius 1 is 1.03 bits per heavy atom. The maximum Gasteiger partial charge on any atom is 0.303 e. The zero-order chi connectivity index (χ0) is 23.1. The van der Waals surface area contributed by atoms with Gasteiger partial charge >= 0.3 is 11.9 Å². The van der Waals surface area contributed by atoms with Gasteiger partial charge in [0, 0.05) is 25.0 Å². The summed E-state index contributed by atoms with van der Waals surface area (Å²) in [6.07, 6.45) is 0.275. The first-order valence-corrected chi connectivity index (χ1v) is 9.98. The highest BCUT2D eigenvalue weighted by molar-refractivity contribution is 5.99. The quantitative estimate of drug-likeness (QED) is 0.279. The Bertz CT molecular complexity index is 854. The minimum Gasteiger partial charge on any atom is -0.459 e. The van der Waals surface area contributed by atoms with Gasteiger partial charge < -0.3 is 25.8 Å². The second kappa shape index (κ2) is 10.6. The van der Waals surface area contributed by atoms with Crippen LogP contribution in [0.2, 0.25) is 0 Å². The van der Waals surface area contributed by atoms with Crippen molar-refractivity contribution in [3.8, 4) is 0 Å². The van der Waals surface area contributed by atoms with E-state index >= 15 is 0 Å². The fraction of sp³-hybridized carbons (Fsp3) is 0.476. The van der Waals surface area contributed by atoms with Gasteiger partial charge in [0.25, 0.3) is 5.91 Å². The Morgan fingerprint density at radius 3 is 2.16 bits per heavy atom. The van der Waals surface area contributed by atoms with Crippen LogP contribution in [-0.4, -0.2) is 53.9 Å². The van der Waals surface area contributed by atoms with Crippen molar-refractivity contribution in [3.63, 3.8) is 0 Å². The molecule has 0 radical (unpaired) electrons. The van der Waals surface area contributed by atoms with Gasteiger partial charge in [0.1, 0.15) is 18.0 Å². The highest BCUT2D eigenvalue weighted by atomic mass is 16.6. The van der Waals surface area contributed by atoms with Crippen LogP contribution in [-0.2, 0) is 23.9 Å². The lowest BCUT2D eigenvalue weighted by Gasteiger charge is -2.37. The summed E-state index contributed by atoms with van der Waals surface area (Å²) in [6.45, 7) is 4.05. The number of esters is 2. The Kier molecular flexibility index (Phi) is 8.12. The van der Waals surface area contributed by atoms with Gasteiger partial charge in [-0.1, -0.05) is 12.1 Å². The van der Waals surface area contributed by atoms with E-state index in [9.17, 15) is 19.2 Å². The van der Waals surface area contributed by atoms with Crippen molar-refractivity contribution in [2.75, 3.05) is 0 Å². The van der Waals surface area contributed by atoms with E-state index in [0.29, 0.717) is 30.4 Å². The summed E-state index contributed by atoms with van der Waals surface area (Å²) in [5, 5.41) is 12.8. The third kappa shape index (κ3) is 6.80. The molecule has 1 aromatic rings. The molecule has 0 aliphatic heterocycles. The lowest BCUT2D eigenvalue weighted by molar-refractivity contribution is -0.172. The molecule has 1 saturated carbocycles. The van der Waals surface area contributed by atoms with Crippen LogP contribution in [0.3, 0.4) is 0 Å². The fourth-order valence-corrected chi connectivity index (χ4v) is 3.42. The van der Waals surface area contributed by atoms with E-state index in [1.54, 1.807) is 12.1 Å². The molecule has 1 aliphatic rings. The van der Waals surface area contributed by atoms with Crippen LogP contribution in [0.1, 0.15) is 56.0 Å². The SMILES string of the molecule is CC(=O)OC1CCCC(NC(=O)[C@H](C)NC(=O)c2ccc(C(=N)N)cc2)C1OC(C)=O. The number of hydrogen-bond donors (Lipinski definition) is 4. The molecule has 10 heteroatoms. The molecule has 168 valence electrons. The van der Waals surface area contributed by atoms with E-state index in [0.717, 1.165) is 0 Å². The highest BCUT2D eigenvalue weighted by Gasteiger charge is 2.39. The van der Waals surface area contributed by atoms with Crippen LogP contribution < -0.4 is 16.4 Å². The van der Waals surface area contributed by atoms with Gasteiger partial charge in [0.05, 0.1) is 6.04 Å². The second-order valence-corrected chi connectivity index (χ2v) is 7.45. The van der Waals surface area contributed by atoms with E-state index < -0.39 is 48.0 Å². The first kappa shape index (κ1) is 23.8. The third-order valence-corrected chi connectivity index (χ3v) is 4.91. The van der Waals surface area contributed by atoms with Crippen LogP contribution in [0.5, 0.6) is 0 Å². The van der Waals surface area contributed by atoms with Crippen molar-refractivity contribution in [1.82, 2.24) is 10.6 Å². The number of nitrogen functional groups attached to an aromatic ring is 1. The number of hydrogen-bond acceptors (Lipinski definition) is 7. The second-order valence-electron chi connectivity index (χ2n) is 7.45. The molecular weight excluding hydrogens is 404 g/mol. The number of amidine groups is 1. The predicted octanol–water partition coefficient (Wildman–Crippen LogP) is 0.621. The molecule has 1 aliphatic carbocycles. The Balaban J connectivity index is 2.02. The van der Waals surface area contributed by atoms with Gasteiger partial charge in [-0.25, -0.2) is 0 Å². The molecule has 31 heavy (non-hydrogen) atoms. The average molecular weight is 432 g/mol. The number of amides is 2. The van der Waals surface area contributed by atoms with Crippen molar-refractivity contribution >= 4 is 29.6 Å². The molecule has 0 heterocycles. The van der Waals surface area contributed by atoms with Crippen LogP contribution in [0.4, 0.5) is 0 Å². The van der Waals surface area contributed by atoms with Crippen LogP contribution in [0, 0.1) is 5.41 Å². The molecule has 1 fully saturated rings. The van der Waals surface area contributed by atoms with E-state index in [-0.39, 0.29) is 5.84 Å². The van der Waals surface area contributed by atoms with Crippen LogP contribution >= 0.6 is 0 Å². The number of carbonyl (C=O) groups excluding carboxylic acids is 4. The van der Waals surface area contributed by atoms with Gasteiger partial charge in [-0.2, -0.15) is 0 Å². The van der Waals surface area contributed by atoms with E-state index in [1.165, 1.54) is 32.9 Å². The zero-order valence-electron chi connectivity index (χ0n) is 17.8. The van der Waals surface area contributed by atoms with Gasteiger partial charge in [0.15, 0.2) is 6.10 Å². The normalized spacial score (nSPS) is 21.3. The summed E-state index contributed by atoms with van der Waals surface area (Å²) in [7, 11) is 0. The maximum atomic E-state index is 12.7. The predicted molar refractivity (Wildman–Crippen MR) is 111 cm³/mol. The van der Waals surface area contributed by atoms with E-state index in [2.05, 4.69) is 10.6 Å². The van der Waals surface area contributed by atoms with Crippen molar-refractivity contribution in [1.29, 1.82) is 5.41 Å². The first-order valence-electron chi connectivity index (χ1n) is 9.98. The topological polar surface area (TPSA) is 161 Å². The molecule has 0 aromatic heterocycles. The van der Waals surface area contributed by atoms with Gasteiger partial charge in [-0.3, -0.25) is 24.6 Å². The number of ether oxygens (including phenoxy) is 2. The molecular formula is C21H28N4O6. The van der Waals surface area contributed by atoms with E-state index in [4.69, 9.17) is 20.6 Å². The zero-order valence-corrected chi connectivity index (χ0v) is 17.8. The standard InChI is InChI=1S/C21H28N4O6/c1-11(24-21(29)15-9-7-14(8-10-15)19(22)23)20(28)25-16-5-4-6-17(30-12(2)26)18(16)31-13(3)27/h7-11,16-18H,4-6H2,1-3H3,(H3,22,23)(H,24,29)(H,25,28)/t11-,16?,17?,18?/m0/s1. The summed E-state index contributed by atoms with van der Waals surface area (Å²) < 4.78 is 10.6. The van der Waals surface area contributed by atoms with Crippen molar-refractivity contribution < 1.29 is 28.7 Å². The number of carbonyl (C=O) groups is 4. The van der Waals surface area contributed by atoms with E-state index in [1.807, 2.05) is 0 Å². The molecule has 10 nitrogen and oxygen atoms in total. The molecule has 3 unspecified atom stereocenters. The van der Waals surface area contributed by atoms with Gasteiger partial charge in [0.2, 0.25) is 5.91 Å². The van der Waals surface area contributed by atoms with Crippen molar-refractivity contribution in [2.24, 2.45) is 5.73 Å². The number of nitrogens with two attached hydrogens (primary N) is 1. The summed E-state index contributed by atoms with van der Waals surface area (Å²) >= 11 is 0. The van der Waals surface area contributed by atoms with Crippen molar-refractivity contribution in [2.45, 2.75) is 64.3 Å². The lowest BCUT2D eigenvalue weighted by atomic mass is 9.89. The molecule has 5 N–H and O–H groups in total. The maximum absolute atomic E-state index is 12.7. The Labute approximate surface area is 180 Å².